The summed E-state index contributed by atoms with van der Waals surface area (Å²) < 4.78 is 23.3. The van der Waals surface area contributed by atoms with Gasteiger partial charge < -0.3 is 20.1 Å². The van der Waals surface area contributed by atoms with Gasteiger partial charge in [0, 0.05) is 11.6 Å². The smallest absolute Gasteiger partial charge is 0.319 e. The molecule has 0 aliphatic carbocycles. The highest BCUT2D eigenvalue weighted by Gasteiger charge is 2.44. The van der Waals surface area contributed by atoms with Crippen LogP contribution in [0.4, 0.5) is 10.1 Å². The summed E-state index contributed by atoms with van der Waals surface area (Å²) in [5.74, 6) is -3.94. The van der Waals surface area contributed by atoms with E-state index < -0.39 is 35.4 Å². The quantitative estimate of drug-likeness (QED) is 0.437. The molecule has 10 heteroatoms. The summed E-state index contributed by atoms with van der Waals surface area (Å²) in [6.45, 7) is 2.32. The van der Waals surface area contributed by atoms with Gasteiger partial charge in [0.05, 0.1) is 36.1 Å². The first-order valence-corrected chi connectivity index (χ1v) is 11.3. The lowest BCUT2D eigenvalue weighted by Gasteiger charge is -2.31. The Morgan fingerprint density at radius 3 is 2.44 bits per heavy atom. The lowest BCUT2D eigenvalue weighted by atomic mass is 9.78. The normalized spacial score (nSPS) is 17.4. The van der Waals surface area contributed by atoms with Crippen LogP contribution in [0, 0.1) is 23.1 Å². The van der Waals surface area contributed by atoms with Gasteiger partial charge in [0.15, 0.2) is 0 Å². The fourth-order valence-corrected chi connectivity index (χ4v) is 4.33. The highest BCUT2D eigenvalue weighted by Crippen LogP contribution is 2.40. The first-order chi connectivity index (χ1) is 16.4. The summed E-state index contributed by atoms with van der Waals surface area (Å²) >= 11 is 0.958. The molecule has 2 aromatic carbocycles. The van der Waals surface area contributed by atoms with E-state index in [9.17, 15) is 24.0 Å². The Kier molecular flexibility index (Phi) is 8.27. The van der Waals surface area contributed by atoms with E-state index in [0.29, 0.717) is 23.6 Å². The molecule has 0 aromatic heterocycles. The van der Waals surface area contributed by atoms with Crippen molar-refractivity contribution >= 4 is 35.2 Å². The number of allylic oxidation sites excluding steroid dienone is 1. The number of amides is 2. The molecule has 0 bridgehead atoms. The van der Waals surface area contributed by atoms with Crippen LogP contribution in [-0.2, 0) is 19.1 Å². The number of rotatable bonds is 8. The maximum Gasteiger partial charge on any atom is 0.319 e. The van der Waals surface area contributed by atoms with Gasteiger partial charge in [0.25, 0.3) is 0 Å². The summed E-state index contributed by atoms with van der Waals surface area (Å²) in [6.07, 6.45) is 0. The molecule has 2 atom stereocenters. The van der Waals surface area contributed by atoms with Crippen molar-refractivity contribution < 1.29 is 28.2 Å². The Morgan fingerprint density at radius 1 is 1.18 bits per heavy atom. The Labute approximate surface area is 200 Å². The van der Waals surface area contributed by atoms with E-state index in [1.165, 1.54) is 31.4 Å². The Balaban J connectivity index is 1.88. The molecule has 2 amide bonds. The number of carbonyl (C=O) groups is 3. The van der Waals surface area contributed by atoms with Crippen molar-refractivity contribution in [1.29, 1.82) is 5.26 Å². The minimum Gasteiger partial charge on any atom is -0.494 e. The standard InChI is InChI=1S/C24H22FN3O5S/c1-3-33-17-10-4-14(5-11-17)20-18(12-26)23(28-22(30)21(20)24(31)32-2)34-13-19(29)27-16-8-6-15(25)7-9-16/h4-11,20-21H,3,13H2,1-2H3,(H,27,29)(H,28,30)/t20-,21+/m1/s1. The maximum absolute atomic E-state index is 13.1. The second kappa shape index (κ2) is 11.3. The zero-order valence-electron chi connectivity index (χ0n) is 18.5. The van der Waals surface area contributed by atoms with Crippen LogP contribution in [0.2, 0.25) is 0 Å². The molecular formula is C24H22FN3O5S. The highest BCUT2D eigenvalue weighted by atomic mass is 32.2. The molecule has 0 saturated heterocycles. The molecule has 0 radical (unpaired) electrons. The number of halogens is 1. The molecule has 2 N–H and O–H groups in total. The fourth-order valence-electron chi connectivity index (χ4n) is 3.49. The number of carbonyl (C=O) groups excluding carboxylic acids is 3. The third-order valence-electron chi connectivity index (χ3n) is 5.01. The number of nitrogens with zero attached hydrogens (tertiary/aromatic N) is 1. The van der Waals surface area contributed by atoms with Crippen molar-refractivity contribution in [3.63, 3.8) is 0 Å². The summed E-state index contributed by atoms with van der Waals surface area (Å²) in [5, 5.41) is 15.3. The highest BCUT2D eigenvalue weighted by molar-refractivity contribution is 8.03. The summed E-state index contributed by atoms with van der Waals surface area (Å²) in [7, 11) is 1.17. The van der Waals surface area contributed by atoms with Crippen molar-refractivity contribution in [2.24, 2.45) is 5.92 Å². The molecule has 176 valence electrons. The third-order valence-corrected chi connectivity index (χ3v) is 6.03. The molecular weight excluding hydrogens is 461 g/mol. The van der Waals surface area contributed by atoms with Crippen molar-refractivity contribution in [2.45, 2.75) is 12.8 Å². The summed E-state index contributed by atoms with van der Waals surface area (Å²) in [4.78, 5) is 37.7. The van der Waals surface area contributed by atoms with E-state index in [0.717, 1.165) is 11.8 Å². The SMILES string of the molecule is CCOc1ccc([C@@H]2C(C#N)=C(SCC(=O)Nc3ccc(F)cc3)NC(=O)[C@H]2C(=O)OC)cc1. The second-order valence-electron chi connectivity index (χ2n) is 7.17. The first kappa shape index (κ1) is 24.8. The summed E-state index contributed by atoms with van der Waals surface area (Å²) in [6, 6.07) is 14.1. The molecule has 1 aliphatic heterocycles. The van der Waals surface area contributed by atoms with Crippen LogP contribution in [0.25, 0.3) is 0 Å². The minimum atomic E-state index is -1.27. The van der Waals surface area contributed by atoms with Crippen LogP contribution in [0.5, 0.6) is 5.75 Å². The van der Waals surface area contributed by atoms with Crippen LogP contribution in [-0.4, -0.2) is 37.3 Å². The second-order valence-corrected chi connectivity index (χ2v) is 8.15. The number of anilines is 1. The zero-order chi connectivity index (χ0) is 24.7. The average molecular weight is 484 g/mol. The lowest BCUT2D eigenvalue weighted by Crippen LogP contribution is -2.44. The minimum absolute atomic E-state index is 0.128. The van der Waals surface area contributed by atoms with Crippen molar-refractivity contribution in [1.82, 2.24) is 5.32 Å². The van der Waals surface area contributed by atoms with E-state index >= 15 is 0 Å². The van der Waals surface area contributed by atoms with Crippen LogP contribution >= 0.6 is 11.8 Å². The monoisotopic (exact) mass is 483 g/mol. The van der Waals surface area contributed by atoms with Gasteiger partial charge >= 0.3 is 5.97 Å². The van der Waals surface area contributed by atoms with Gasteiger partial charge in [0.1, 0.15) is 17.5 Å². The van der Waals surface area contributed by atoms with Crippen molar-refractivity contribution in [3.05, 3.63) is 70.5 Å². The molecule has 3 rings (SSSR count). The predicted molar refractivity (Wildman–Crippen MR) is 124 cm³/mol. The predicted octanol–water partition coefficient (Wildman–Crippen LogP) is 3.33. The van der Waals surface area contributed by atoms with Gasteiger partial charge in [-0.1, -0.05) is 23.9 Å². The number of methoxy groups -OCH3 is 1. The van der Waals surface area contributed by atoms with Gasteiger partial charge in [-0.3, -0.25) is 14.4 Å². The summed E-state index contributed by atoms with van der Waals surface area (Å²) in [5.41, 5.74) is 1.10. The van der Waals surface area contributed by atoms with Crippen LogP contribution in [0.1, 0.15) is 18.4 Å². The van der Waals surface area contributed by atoms with Crippen molar-refractivity contribution in [2.75, 3.05) is 24.8 Å². The number of hydrogen-bond acceptors (Lipinski definition) is 7. The topological polar surface area (TPSA) is 118 Å². The van der Waals surface area contributed by atoms with Crippen molar-refractivity contribution in [3.8, 4) is 11.8 Å². The molecule has 0 saturated carbocycles. The molecule has 34 heavy (non-hydrogen) atoms. The van der Waals surface area contributed by atoms with E-state index in [2.05, 4.69) is 16.7 Å². The molecule has 2 aromatic rings. The maximum atomic E-state index is 13.1. The third kappa shape index (κ3) is 5.74. The molecule has 0 spiro atoms. The number of nitriles is 1. The Bertz CT molecular complexity index is 1140. The number of ether oxygens (including phenoxy) is 2. The van der Waals surface area contributed by atoms with Gasteiger partial charge in [0.2, 0.25) is 11.8 Å². The van der Waals surface area contributed by atoms with Crippen LogP contribution < -0.4 is 15.4 Å². The molecule has 0 unspecified atom stereocenters. The number of esters is 1. The van der Waals surface area contributed by atoms with Gasteiger partial charge in [-0.15, -0.1) is 0 Å². The molecule has 0 fully saturated rings. The van der Waals surface area contributed by atoms with Crippen LogP contribution in [0.3, 0.4) is 0 Å². The molecule has 8 nitrogen and oxygen atoms in total. The Morgan fingerprint density at radius 2 is 1.85 bits per heavy atom. The van der Waals surface area contributed by atoms with E-state index in [1.54, 1.807) is 24.3 Å². The van der Waals surface area contributed by atoms with Gasteiger partial charge in [-0.2, -0.15) is 5.26 Å². The molecule has 1 aliphatic rings. The zero-order valence-corrected chi connectivity index (χ0v) is 19.3. The number of thioether (sulfide) groups is 1. The van der Waals surface area contributed by atoms with Crippen LogP contribution in [0.15, 0.2) is 59.1 Å². The number of nitrogens with one attached hydrogen (secondary N) is 2. The van der Waals surface area contributed by atoms with E-state index in [-0.39, 0.29) is 16.4 Å². The van der Waals surface area contributed by atoms with E-state index in [4.69, 9.17) is 9.47 Å². The molecule has 1 heterocycles. The largest absolute Gasteiger partial charge is 0.494 e. The first-order valence-electron chi connectivity index (χ1n) is 10.3. The average Bonchev–Trinajstić information content (AvgIpc) is 2.84. The Hall–Kier alpha value is -3.84. The van der Waals surface area contributed by atoms with Gasteiger partial charge in [-0.05, 0) is 48.9 Å². The fraction of sp³-hybridized carbons (Fsp3) is 0.250. The lowest BCUT2D eigenvalue weighted by molar-refractivity contribution is -0.150. The van der Waals surface area contributed by atoms with E-state index in [1.807, 2.05) is 6.92 Å². The number of benzene rings is 2. The van der Waals surface area contributed by atoms with Gasteiger partial charge in [-0.25, -0.2) is 4.39 Å². The number of hydrogen-bond donors (Lipinski definition) is 2.